The van der Waals surface area contributed by atoms with Crippen molar-refractivity contribution < 1.29 is 19.4 Å². The van der Waals surface area contributed by atoms with E-state index in [-0.39, 0.29) is 18.7 Å². The van der Waals surface area contributed by atoms with Crippen LogP contribution in [0.1, 0.15) is 39.6 Å². The van der Waals surface area contributed by atoms with Crippen LogP contribution in [0.4, 0.5) is 0 Å². The lowest BCUT2D eigenvalue weighted by Crippen LogP contribution is -2.39. The number of rotatable bonds is 3. The molecule has 2 aliphatic rings. The van der Waals surface area contributed by atoms with Crippen molar-refractivity contribution in [3.8, 4) is 17.2 Å². The molecule has 0 fully saturated rings. The molecule has 0 aliphatic carbocycles. The predicted molar refractivity (Wildman–Crippen MR) is 135 cm³/mol. The lowest BCUT2D eigenvalue weighted by atomic mass is 9.92. The minimum Gasteiger partial charge on any atom is -0.507 e. The van der Waals surface area contributed by atoms with Crippen LogP contribution < -0.4 is 9.47 Å². The van der Waals surface area contributed by atoms with Crippen molar-refractivity contribution in [1.82, 2.24) is 9.88 Å². The van der Waals surface area contributed by atoms with E-state index in [1.807, 2.05) is 67.3 Å². The second kappa shape index (κ2) is 8.24. The third-order valence-corrected chi connectivity index (χ3v) is 6.96. The molecule has 3 heterocycles. The number of phenolic OH excluding ortho intramolecular Hbond substituents is 1. The first-order chi connectivity index (χ1) is 17.0. The maximum Gasteiger partial charge on any atom is 0.247 e. The molecule has 0 bridgehead atoms. The van der Waals surface area contributed by atoms with Crippen molar-refractivity contribution in [2.24, 2.45) is 0 Å². The van der Waals surface area contributed by atoms with E-state index in [1.54, 1.807) is 6.08 Å². The maximum absolute atomic E-state index is 13.6. The van der Waals surface area contributed by atoms with Crippen molar-refractivity contribution in [1.29, 1.82) is 0 Å². The number of carbonyl (C=O) groups is 1. The van der Waals surface area contributed by atoms with Gasteiger partial charge in [0.15, 0.2) is 11.5 Å². The molecule has 1 aromatic heterocycles. The Bertz CT molecular complexity index is 1480. The molecule has 1 amide bonds. The van der Waals surface area contributed by atoms with Gasteiger partial charge in [-0.3, -0.25) is 4.79 Å². The first-order valence-electron chi connectivity index (χ1n) is 11.8. The van der Waals surface area contributed by atoms with Crippen LogP contribution >= 0.6 is 0 Å². The zero-order valence-electron chi connectivity index (χ0n) is 19.7. The fourth-order valence-electron chi connectivity index (χ4n) is 5.26. The molecule has 35 heavy (non-hydrogen) atoms. The molecular formula is C29H26N2O4. The molecule has 6 heteroatoms. The summed E-state index contributed by atoms with van der Waals surface area (Å²) in [7, 11) is 0. The minimum atomic E-state index is -0.277. The number of nitrogens with zero attached hydrogens (tertiary/aromatic N) is 1. The Hall–Kier alpha value is -4.19. The number of nitrogens with one attached hydrogen (secondary N) is 1. The Morgan fingerprint density at radius 3 is 2.66 bits per heavy atom. The van der Waals surface area contributed by atoms with E-state index in [2.05, 4.69) is 17.1 Å². The average molecular weight is 467 g/mol. The topological polar surface area (TPSA) is 74.8 Å². The molecule has 176 valence electrons. The molecule has 3 aromatic carbocycles. The number of fused-ring (bicyclic) bond motifs is 4. The molecule has 6 nitrogen and oxygen atoms in total. The first-order valence-corrected chi connectivity index (χ1v) is 11.8. The highest BCUT2D eigenvalue weighted by Crippen LogP contribution is 2.42. The van der Waals surface area contributed by atoms with Crippen molar-refractivity contribution in [3.05, 3.63) is 94.2 Å². The number of carbonyl (C=O) groups excluding carboxylic acids is 1. The van der Waals surface area contributed by atoms with Crippen molar-refractivity contribution >= 4 is 22.9 Å². The molecular weight excluding hydrogens is 440 g/mol. The second-order valence-electron chi connectivity index (χ2n) is 9.20. The molecule has 0 spiro atoms. The van der Waals surface area contributed by atoms with E-state index in [0.29, 0.717) is 18.0 Å². The van der Waals surface area contributed by atoms with Gasteiger partial charge in [-0.1, -0.05) is 24.3 Å². The summed E-state index contributed by atoms with van der Waals surface area (Å²) in [5, 5.41) is 11.3. The van der Waals surface area contributed by atoms with Gasteiger partial charge in [-0.15, -0.1) is 0 Å². The molecule has 4 aromatic rings. The third-order valence-electron chi connectivity index (χ3n) is 6.96. The zero-order valence-corrected chi connectivity index (χ0v) is 19.7. The molecule has 2 aliphatic heterocycles. The van der Waals surface area contributed by atoms with E-state index in [4.69, 9.17) is 9.47 Å². The fourth-order valence-corrected chi connectivity index (χ4v) is 5.26. The molecule has 1 unspecified atom stereocenters. The van der Waals surface area contributed by atoms with Gasteiger partial charge in [0.2, 0.25) is 12.7 Å². The lowest BCUT2D eigenvalue weighted by Gasteiger charge is -2.35. The van der Waals surface area contributed by atoms with E-state index in [9.17, 15) is 9.90 Å². The van der Waals surface area contributed by atoms with Gasteiger partial charge >= 0.3 is 0 Å². The van der Waals surface area contributed by atoms with Crippen LogP contribution in [0.2, 0.25) is 0 Å². The van der Waals surface area contributed by atoms with Gasteiger partial charge in [0, 0.05) is 29.2 Å². The Kier molecular flexibility index (Phi) is 5.02. The summed E-state index contributed by atoms with van der Waals surface area (Å²) in [4.78, 5) is 19.1. The van der Waals surface area contributed by atoms with Gasteiger partial charge in [0.05, 0.1) is 6.04 Å². The normalized spacial score (nSPS) is 16.7. The summed E-state index contributed by atoms with van der Waals surface area (Å²) in [5.74, 6) is 1.64. The number of para-hydroxylation sites is 1. The first kappa shape index (κ1) is 21.4. The maximum atomic E-state index is 13.6. The monoisotopic (exact) mass is 466 g/mol. The van der Waals surface area contributed by atoms with Gasteiger partial charge in [-0.25, -0.2) is 0 Å². The average Bonchev–Trinajstić information content (AvgIpc) is 3.49. The summed E-state index contributed by atoms with van der Waals surface area (Å²) < 4.78 is 11.1. The summed E-state index contributed by atoms with van der Waals surface area (Å²) in [6, 6.07) is 17.7. The van der Waals surface area contributed by atoms with E-state index >= 15 is 0 Å². The highest BCUT2D eigenvalue weighted by molar-refractivity contribution is 5.93. The number of aromatic nitrogens is 1. The molecule has 1 atom stereocenters. The Morgan fingerprint density at radius 2 is 1.83 bits per heavy atom. The molecule has 0 saturated carbocycles. The summed E-state index contributed by atoms with van der Waals surface area (Å²) in [6.07, 6.45) is 4.22. The molecule has 0 radical (unpaired) electrons. The van der Waals surface area contributed by atoms with Gasteiger partial charge in [0.1, 0.15) is 5.75 Å². The highest BCUT2D eigenvalue weighted by Gasteiger charge is 2.34. The predicted octanol–water partition coefficient (Wildman–Crippen LogP) is 5.41. The Balaban J connectivity index is 1.41. The summed E-state index contributed by atoms with van der Waals surface area (Å²) in [6.45, 7) is 4.53. The Morgan fingerprint density at radius 1 is 1.06 bits per heavy atom. The van der Waals surface area contributed by atoms with Gasteiger partial charge < -0.3 is 24.5 Å². The number of amides is 1. The van der Waals surface area contributed by atoms with Crippen molar-refractivity contribution in [3.63, 3.8) is 0 Å². The fraction of sp³-hybridized carbons (Fsp3) is 0.207. The number of aromatic hydroxyl groups is 1. The Labute approximate surface area is 203 Å². The lowest BCUT2D eigenvalue weighted by molar-refractivity contribution is -0.128. The highest BCUT2D eigenvalue weighted by atomic mass is 16.7. The number of aryl methyl sites for hydroxylation is 2. The number of aromatic amines is 1. The van der Waals surface area contributed by atoms with E-state index in [0.717, 1.165) is 45.6 Å². The molecule has 0 saturated heterocycles. The van der Waals surface area contributed by atoms with Crippen LogP contribution in [0.25, 0.3) is 17.0 Å². The standard InChI is InChI=1S/C29H26N2O4/c1-17-13-19(14-18(2)29(17)33)7-10-26(32)31-12-11-22-21-5-3-4-6-23(21)30-27(22)28(31)20-8-9-24-25(15-20)35-16-34-24/h3-10,13-15,28,30,33H,11-12,16H2,1-2H3/b10-7+. The summed E-state index contributed by atoms with van der Waals surface area (Å²) >= 11 is 0. The van der Waals surface area contributed by atoms with Gasteiger partial charge in [-0.2, -0.15) is 0 Å². The molecule has 2 N–H and O–H groups in total. The smallest absolute Gasteiger partial charge is 0.247 e. The number of benzene rings is 3. The van der Waals surface area contributed by atoms with Crippen molar-refractivity contribution in [2.75, 3.05) is 13.3 Å². The largest absolute Gasteiger partial charge is 0.507 e. The van der Waals surface area contributed by atoms with Crippen LogP contribution in [-0.2, 0) is 11.2 Å². The zero-order chi connectivity index (χ0) is 24.1. The van der Waals surface area contributed by atoms with Gasteiger partial charge in [-0.05, 0) is 84.5 Å². The minimum absolute atomic E-state index is 0.0691. The number of hydrogen-bond acceptors (Lipinski definition) is 4. The van der Waals surface area contributed by atoms with Crippen LogP contribution in [0, 0.1) is 13.8 Å². The number of ether oxygens (including phenoxy) is 2. The van der Waals surface area contributed by atoms with Crippen LogP contribution in [0.5, 0.6) is 17.2 Å². The van der Waals surface area contributed by atoms with Gasteiger partial charge in [0.25, 0.3) is 0 Å². The summed E-state index contributed by atoms with van der Waals surface area (Å²) in [5.41, 5.74) is 6.79. The van der Waals surface area contributed by atoms with Crippen molar-refractivity contribution in [2.45, 2.75) is 26.3 Å². The third kappa shape index (κ3) is 3.62. The van der Waals surface area contributed by atoms with Crippen LogP contribution in [0.15, 0.2) is 60.7 Å². The number of phenols is 1. The van der Waals surface area contributed by atoms with E-state index < -0.39 is 0 Å². The number of H-pyrrole nitrogens is 1. The SMILES string of the molecule is Cc1cc(/C=C/C(=O)N2CCc3c([nH]c4ccccc34)C2c2ccc3c(c2)OCO3)cc(C)c1O. The van der Waals surface area contributed by atoms with Crippen LogP contribution in [-0.4, -0.2) is 34.2 Å². The quantitative estimate of drug-likeness (QED) is 0.396. The molecule has 6 rings (SSSR count). The number of hydrogen-bond donors (Lipinski definition) is 2. The van der Waals surface area contributed by atoms with E-state index in [1.165, 1.54) is 10.9 Å². The second-order valence-corrected chi connectivity index (χ2v) is 9.20. The van der Waals surface area contributed by atoms with Crippen LogP contribution in [0.3, 0.4) is 0 Å².